The summed E-state index contributed by atoms with van der Waals surface area (Å²) in [5.41, 5.74) is 6.91. The van der Waals surface area contributed by atoms with Crippen LogP contribution in [0.2, 0.25) is 0 Å². The van der Waals surface area contributed by atoms with Gasteiger partial charge in [0.05, 0.1) is 6.61 Å². The molecule has 0 aromatic carbocycles. The zero-order valence-corrected chi connectivity index (χ0v) is 9.13. The second-order valence-electron chi connectivity index (χ2n) is 3.81. The SMILES string of the molecule is CN(CCc1ccncc1)CC(N)CO. The third kappa shape index (κ3) is 4.88. The molecule has 1 aromatic heterocycles. The Kier molecular flexibility index (Phi) is 5.25. The molecular weight excluding hydrogens is 190 g/mol. The van der Waals surface area contributed by atoms with Crippen LogP contribution in [0.5, 0.6) is 0 Å². The quantitative estimate of drug-likeness (QED) is 0.685. The van der Waals surface area contributed by atoms with E-state index in [1.807, 2.05) is 19.2 Å². The van der Waals surface area contributed by atoms with Crippen LogP contribution in [-0.2, 0) is 6.42 Å². The van der Waals surface area contributed by atoms with Gasteiger partial charge in [0.2, 0.25) is 0 Å². The van der Waals surface area contributed by atoms with Crippen LogP contribution in [0.15, 0.2) is 24.5 Å². The first kappa shape index (κ1) is 12.1. The summed E-state index contributed by atoms with van der Waals surface area (Å²) in [6.07, 6.45) is 4.58. The molecule has 0 spiro atoms. The molecule has 0 saturated heterocycles. The summed E-state index contributed by atoms with van der Waals surface area (Å²) in [4.78, 5) is 6.09. The van der Waals surface area contributed by atoms with Crippen molar-refractivity contribution >= 4 is 0 Å². The molecule has 1 heterocycles. The average molecular weight is 209 g/mol. The summed E-state index contributed by atoms with van der Waals surface area (Å²) < 4.78 is 0. The Balaban J connectivity index is 2.25. The highest BCUT2D eigenvalue weighted by molar-refractivity contribution is 5.09. The van der Waals surface area contributed by atoms with Gasteiger partial charge in [-0.2, -0.15) is 0 Å². The van der Waals surface area contributed by atoms with Gasteiger partial charge in [-0.1, -0.05) is 0 Å². The van der Waals surface area contributed by atoms with Crippen molar-refractivity contribution in [3.63, 3.8) is 0 Å². The third-order valence-electron chi connectivity index (χ3n) is 2.31. The maximum atomic E-state index is 8.81. The summed E-state index contributed by atoms with van der Waals surface area (Å²) >= 11 is 0. The molecule has 15 heavy (non-hydrogen) atoms. The number of pyridine rings is 1. The maximum Gasteiger partial charge on any atom is 0.0595 e. The number of hydrogen-bond donors (Lipinski definition) is 2. The standard InChI is InChI=1S/C11H19N3O/c1-14(8-11(12)9-15)7-4-10-2-5-13-6-3-10/h2-3,5-6,11,15H,4,7-9,12H2,1H3. The Morgan fingerprint density at radius 1 is 1.47 bits per heavy atom. The predicted octanol–water partition coefficient (Wildman–Crippen LogP) is -0.125. The number of likely N-dealkylation sites (N-methyl/N-ethyl adjacent to an activating group) is 1. The van der Waals surface area contributed by atoms with E-state index < -0.39 is 0 Å². The minimum Gasteiger partial charge on any atom is -0.395 e. The van der Waals surface area contributed by atoms with Crippen molar-refractivity contribution in [1.82, 2.24) is 9.88 Å². The molecule has 0 saturated carbocycles. The van der Waals surface area contributed by atoms with Gasteiger partial charge in [-0.05, 0) is 31.2 Å². The lowest BCUT2D eigenvalue weighted by molar-refractivity contribution is 0.223. The van der Waals surface area contributed by atoms with Crippen LogP contribution >= 0.6 is 0 Å². The second kappa shape index (κ2) is 6.50. The van der Waals surface area contributed by atoms with Crippen LogP contribution in [0.3, 0.4) is 0 Å². The summed E-state index contributed by atoms with van der Waals surface area (Å²) in [5, 5.41) is 8.81. The van der Waals surface area contributed by atoms with E-state index in [2.05, 4.69) is 9.88 Å². The Labute approximate surface area is 90.7 Å². The Hall–Kier alpha value is -0.970. The Morgan fingerprint density at radius 3 is 2.73 bits per heavy atom. The number of nitrogens with two attached hydrogens (primary N) is 1. The minimum atomic E-state index is -0.146. The number of aromatic nitrogens is 1. The number of rotatable bonds is 6. The van der Waals surface area contributed by atoms with E-state index in [1.54, 1.807) is 12.4 Å². The largest absolute Gasteiger partial charge is 0.395 e. The second-order valence-corrected chi connectivity index (χ2v) is 3.81. The molecule has 1 rings (SSSR count). The first-order valence-electron chi connectivity index (χ1n) is 5.16. The fourth-order valence-corrected chi connectivity index (χ4v) is 1.42. The van der Waals surface area contributed by atoms with Gasteiger partial charge in [0, 0.05) is 31.5 Å². The van der Waals surface area contributed by atoms with Crippen molar-refractivity contribution < 1.29 is 5.11 Å². The van der Waals surface area contributed by atoms with Gasteiger partial charge in [-0.25, -0.2) is 0 Å². The van der Waals surface area contributed by atoms with Gasteiger partial charge in [-0.3, -0.25) is 4.98 Å². The molecule has 84 valence electrons. The number of aliphatic hydroxyl groups is 1. The van der Waals surface area contributed by atoms with Crippen LogP contribution in [0.4, 0.5) is 0 Å². The van der Waals surface area contributed by atoms with Crippen LogP contribution in [-0.4, -0.2) is 47.8 Å². The number of aliphatic hydroxyl groups excluding tert-OH is 1. The molecule has 0 aliphatic heterocycles. The molecule has 3 N–H and O–H groups in total. The number of hydrogen-bond acceptors (Lipinski definition) is 4. The van der Waals surface area contributed by atoms with Crippen molar-refractivity contribution in [3.8, 4) is 0 Å². The van der Waals surface area contributed by atoms with Crippen LogP contribution < -0.4 is 5.73 Å². The smallest absolute Gasteiger partial charge is 0.0595 e. The zero-order valence-electron chi connectivity index (χ0n) is 9.13. The lowest BCUT2D eigenvalue weighted by Crippen LogP contribution is -2.38. The highest BCUT2D eigenvalue weighted by Gasteiger charge is 2.05. The van der Waals surface area contributed by atoms with Gasteiger partial charge < -0.3 is 15.7 Å². The fourth-order valence-electron chi connectivity index (χ4n) is 1.42. The van der Waals surface area contributed by atoms with E-state index in [0.717, 1.165) is 19.5 Å². The minimum absolute atomic E-state index is 0.0413. The van der Waals surface area contributed by atoms with Gasteiger partial charge in [0.1, 0.15) is 0 Å². The molecule has 0 aliphatic rings. The van der Waals surface area contributed by atoms with E-state index in [9.17, 15) is 0 Å². The van der Waals surface area contributed by atoms with Gasteiger partial charge in [0.15, 0.2) is 0 Å². The van der Waals surface area contributed by atoms with Crippen molar-refractivity contribution in [2.45, 2.75) is 12.5 Å². The first-order valence-corrected chi connectivity index (χ1v) is 5.16. The molecule has 0 amide bonds. The van der Waals surface area contributed by atoms with Crippen molar-refractivity contribution in [1.29, 1.82) is 0 Å². The summed E-state index contributed by atoms with van der Waals surface area (Å²) in [5.74, 6) is 0. The topological polar surface area (TPSA) is 62.4 Å². The monoisotopic (exact) mass is 209 g/mol. The van der Waals surface area contributed by atoms with Gasteiger partial charge in [-0.15, -0.1) is 0 Å². The van der Waals surface area contributed by atoms with Gasteiger partial charge in [0.25, 0.3) is 0 Å². The summed E-state index contributed by atoms with van der Waals surface area (Å²) in [6.45, 7) is 1.71. The van der Waals surface area contributed by atoms with E-state index in [1.165, 1.54) is 5.56 Å². The van der Waals surface area contributed by atoms with Crippen LogP contribution in [0, 0.1) is 0 Å². The molecular formula is C11H19N3O. The third-order valence-corrected chi connectivity index (χ3v) is 2.31. The molecule has 0 aliphatic carbocycles. The van der Waals surface area contributed by atoms with Crippen molar-refractivity contribution in [3.05, 3.63) is 30.1 Å². The summed E-state index contributed by atoms with van der Waals surface area (Å²) in [6, 6.07) is 3.88. The summed E-state index contributed by atoms with van der Waals surface area (Å²) in [7, 11) is 2.01. The lowest BCUT2D eigenvalue weighted by Gasteiger charge is -2.19. The average Bonchev–Trinajstić information content (AvgIpc) is 2.27. The molecule has 1 unspecified atom stereocenters. The molecule has 4 nitrogen and oxygen atoms in total. The number of nitrogens with zero attached hydrogens (tertiary/aromatic N) is 2. The van der Waals surface area contributed by atoms with Crippen molar-refractivity contribution in [2.75, 3.05) is 26.7 Å². The normalized spacial score (nSPS) is 13.1. The molecule has 0 fully saturated rings. The van der Waals surface area contributed by atoms with Gasteiger partial charge >= 0.3 is 0 Å². The lowest BCUT2D eigenvalue weighted by atomic mass is 10.2. The van der Waals surface area contributed by atoms with E-state index in [-0.39, 0.29) is 12.6 Å². The fraction of sp³-hybridized carbons (Fsp3) is 0.545. The predicted molar refractivity (Wildman–Crippen MR) is 60.5 cm³/mol. The van der Waals surface area contributed by atoms with E-state index in [4.69, 9.17) is 10.8 Å². The van der Waals surface area contributed by atoms with Crippen LogP contribution in [0.25, 0.3) is 0 Å². The van der Waals surface area contributed by atoms with E-state index >= 15 is 0 Å². The molecule has 0 bridgehead atoms. The zero-order chi connectivity index (χ0) is 11.1. The Bertz CT molecular complexity index is 266. The van der Waals surface area contributed by atoms with Crippen LogP contribution in [0.1, 0.15) is 5.56 Å². The highest BCUT2D eigenvalue weighted by Crippen LogP contribution is 1.98. The highest BCUT2D eigenvalue weighted by atomic mass is 16.3. The maximum absolute atomic E-state index is 8.81. The molecule has 0 radical (unpaired) electrons. The first-order chi connectivity index (χ1) is 7.22. The molecule has 4 heteroatoms. The Morgan fingerprint density at radius 2 is 2.13 bits per heavy atom. The molecule has 1 atom stereocenters. The molecule has 1 aromatic rings. The van der Waals surface area contributed by atoms with Crippen molar-refractivity contribution in [2.24, 2.45) is 5.73 Å². The van der Waals surface area contributed by atoms with E-state index in [0.29, 0.717) is 0 Å².